The van der Waals surface area contributed by atoms with Gasteiger partial charge in [-0.25, -0.2) is 0 Å². The van der Waals surface area contributed by atoms with Crippen LogP contribution in [-0.4, -0.2) is 80.2 Å². The Morgan fingerprint density at radius 2 is 1.43 bits per heavy atom. The second kappa shape index (κ2) is 15.7. The first-order valence-corrected chi connectivity index (χ1v) is 0.943. The Kier molecular flexibility index (Phi) is 35.3. The number of carbonyl (C=O) groups excluding carboxylic acids is 2. The summed E-state index contributed by atoms with van der Waals surface area (Å²) in [5.74, 6) is 0. The van der Waals surface area contributed by atoms with Crippen molar-refractivity contribution in [3.63, 3.8) is 0 Å². The van der Waals surface area contributed by atoms with Gasteiger partial charge < -0.3 is 4.74 Å². The van der Waals surface area contributed by atoms with Crippen LogP contribution in [0.1, 0.15) is 0 Å². The summed E-state index contributed by atoms with van der Waals surface area (Å²) in [5.41, 5.74) is 0. The monoisotopic (exact) mass is 140 g/mol. The first kappa shape index (κ1) is 15.8. The number of carbonyl (C=O) groups is 2. The van der Waals surface area contributed by atoms with Gasteiger partial charge in [0.15, 0.2) is 0 Å². The van der Waals surface area contributed by atoms with E-state index in [2.05, 4.69) is 4.74 Å². The molecule has 0 aliphatic carbocycles. The van der Waals surface area contributed by atoms with Gasteiger partial charge in [0.2, 0.25) is 0 Å². The van der Waals surface area contributed by atoms with Gasteiger partial charge in [0.1, 0.15) is 0 Å². The van der Waals surface area contributed by atoms with Crippen LogP contribution in [0.5, 0.6) is 0 Å². The van der Waals surface area contributed by atoms with Gasteiger partial charge in [-0.1, -0.05) is 0 Å². The maximum absolute atomic E-state index is 8.95. The Morgan fingerprint density at radius 3 is 1.43 bits per heavy atom. The fourth-order valence-electron chi connectivity index (χ4n) is 0.0227. The molecule has 0 rings (SSSR count). The van der Waals surface area contributed by atoms with E-state index in [0.29, 0.717) is 0 Å². The van der Waals surface area contributed by atoms with Crippen molar-refractivity contribution in [1.29, 1.82) is 0 Å². The molecule has 7 heavy (non-hydrogen) atoms. The van der Waals surface area contributed by atoms with Gasteiger partial charge in [-0.2, -0.15) is 0 Å². The predicted octanol–water partition coefficient (Wildman–Crippen LogP) is -2.25. The molecule has 0 atom stereocenters. The molecule has 0 amide bonds. The molecule has 0 aliphatic rings. The van der Waals surface area contributed by atoms with Crippen LogP contribution in [0.15, 0.2) is 0 Å². The van der Waals surface area contributed by atoms with E-state index in [9.17, 15) is 0 Å². The normalized spacial score (nSPS) is 4.00. The van der Waals surface area contributed by atoms with Crippen molar-refractivity contribution in [1.82, 2.24) is 0 Å². The van der Waals surface area contributed by atoms with Crippen LogP contribution in [0.25, 0.3) is 0 Å². The fraction of sp³-hybridized carbons (Fsp3) is 0. The summed E-state index contributed by atoms with van der Waals surface area (Å²) in [6.45, 7) is 0.125. The van der Waals surface area contributed by atoms with Crippen LogP contribution >= 0.6 is 0 Å². The third-order valence-corrected chi connectivity index (χ3v) is 0.111. The molecule has 3 nitrogen and oxygen atoms in total. The van der Waals surface area contributed by atoms with Crippen molar-refractivity contribution in [2.45, 2.75) is 0 Å². The predicted molar refractivity (Wildman–Crippen MR) is 28.9 cm³/mol. The van der Waals surface area contributed by atoms with Crippen molar-refractivity contribution >= 4 is 80.2 Å². The molecule has 0 spiro atoms. The molecule has 0 aromatic heterocycles. The van der Waals surface area contributed by atoms with Crippen molar-refractivity contribution in [2.75, 3.05) is 0 Å². The molecule has 5 heteroatoms. The van der Waals surface area contributed by atoms with Gasteiger partial charge in [-0.05, 0) is 0 Å². The number of hydrogen-bond acceptors (Lipinski definition) is 3. The summed E-state index contributed by atoms with van der Waals surface area (Å²) in [6.07, 6.45) is 0. The standard InChI is InChI=1S/C2H2O3.Ca.Na.3H/c3-1-5-2-4;;;;;/h1-2H;;;;;. The van der Waals surface area contributed by atoms with Crippen molar-refractivity contribution in [2.24, 2.45) is 0 Å². The van der Waals surface area contributed by atoms with E-state index < -0.39 is 0 Å². The summed E-state index contributed by atoms with van der Waals surface area (Å²) in [6, 6.07) is 0. The summed E-state index contributed by atoms with van der Waals surface area (Å²) < 4.78 is 3.47. The minimum atomic E-state index is 0. The molecule has 0 saturated heterocycles. The Bertz CT molecular complexity index is 42.2. The molecular formula is C2H5CaNaO3. The molecule has 0 N–H and O–H groups in total. The van der Waals surface area contributed by atoms with E-state index in [0.717, 1.165) is 0 Å². The van der Waals surface area contributed by atoms with Crippen molar-refractivity contribution in [3.05, 3.63) is 0 Å². The molecule has 0 bridgehead atoms. The van der Waals surface area contributed by atoms with Gasteiger partial charge in [0.25, 0.3) is 0 Å². The zero-order valence-corrected chi connectivity index (χ0v) is 2.38. The summed E-state index contributed by atoms with van der Waals surface area (Å²) >= 11 is 0. The first-order chi connectivity index (χ1) is 2.41. The van der Waals surface area contributed by atoms with Crippen LogP contribution in [-0.2, 0) is 14.3 Å². The average Bonchev–Trinajstić information content (AvgIpc) is 1.41. The third-order valence-electron chi connectivity index (χ3n) is 0.111. The van der Waals surface area contributed by atoms with Gasteiger partial charge in [0, 0.05) is 0 Å². The molecule has 0 saturated carbocycles. The van der Waals surface area contributed by atoms with E-state index >= 15 is 0 Å². The topological polar surface area (TPSA) is 43.4 Å². The van der Waals surface area contributed by atoms with E-state index in [1.54, 1.807) is 0 Å². The third kappa shape index (κ3) is 18.7. The fourth-order valence-corrected chi connectivity index (χ4v) is 0.0227. The molecule has 0 aliphatic heterocycles. The molecule has 0 fully saturated rings. The van der Waals surface area contributed by atoms with Gasteiger partial charge in [0.05, 0.1) is 0 Å². The van der Waals surface area contributed by atoms with Gasteiger partial charge in [-0.3, -0.25) is 9.59 Å². The quantitative estimate of drug-likeness (QED) is 0.247. The summed E-state index contributed by atoms with van der Waals surface area (Å²) in [5, 5.41) is 0. The average molecular weight is 140 g/mol. The summed E-state index contributed by atoms with van der Waals surface area (Å²) in [4.78, 5) is 17.9. The summed E-state index contributed by atoms with van der Waals surface area (Å²) in [7, 11) is 0. The Hall–Kier alpha value is 1.40. The van der Waals surface area contributed by atoms with Crippen LogP contribution in [0.2, 0.25) is 0 Å². The van der Waals surface area contributed by atoms with E-state index in [1.165, 1.54) is 0 Å². The van der Waals surface area contributed by atoms with Gasteiger partial charge in [-0.15, -0.1) is 0 Å². The number of hydrogen-bond donors (Lipinski definition) is 0. The molecular weight excluding hydrogens is 135 g/mol. The van der Waals surface area contributed by atoms with Crippen LogP contribution in [0.3, 0.4) is 0 Å². The zero-order chi connectivity index (χ0) is 4.12. The van der Waals surface area contributed by atoms with Crippen molar-refractivity contribution < 1.29 is 14.3 Å². The Balaban J connectivity index is -0.0000000800. The Morgan fingerprint density at radius 1 is 1.14 bits per heavy atom. The second-order valence-corrected chi connectivity index (χ2v) is 0.329. The molecule has 0 unspecified atom stereocenters. The van der Waals surface area contributed by atoms with Crippen LogP contribution in [0.4, 0.5) is 0 Å². The maximum atomic E-state index is 8.95. The molecule has 0 aromatic rings. The molecule has 0 heterocycles. The molecule has 34 valence electrons. The number of ether oxygens (including phenoxy) is 1. The van der Waals surface area contributed by atoms with Crippen LogP contribution < -0.4 is 0 Å². The van der Waals surface area contributed by atoms with Gasteiger partial charge >= 0.3 is 80.2 Å². The van der Waals surface area contributed by atoms with Crippen LogP contribution in [0, 0.1) is 0 Å². The molecule has 0 radical (unpaired) electrons. The number of rotatable bonds is 2. The van der Waals surface area contributed by atoms with Crippen molar-refractivity contribution in [3.8, 4) is 0 Å². The first-order valence-electron chi connectivity index (χ1n) is 0.943. The second-order valence-electron chi connectivity index (χ2n) is 0.329. The SMILES string of the molecule is O=COC=O.[CaH2].[NaH]. The van der Waals surface area contributed by atoms with E-state index in [1.807, 2.05) is 0 Å². The van der Waals surface area contributed by atoms with E-state index in [-0.39, 0.29) is 80.2 Å². The minimum absolute atomic E-state index is 0. The zero-order valence-electron chi connectivity index (χ0n) is 2.38. The molecule has 0 aromatic carbocycles. The Labute approximate surface area is 93.1 Å². The van der Waals surface area contributed by atoms with E-state index in [4.69, 9.17) is 9.59 Å².